The molecule has 0 saturated heterocycles. The normalized spacial score (nSPS) is 53.5. The zero-order valence-corrected chi connectivity index (χ0v) is 26.5. The van der Waals surface area contributed by atoms with Gasteiger partial charge in [-0.05, 0) is 84.4 Å². The summed E-state index contributed by atoms with van der Waals surface area (Å²) in [6.07, 6.45) is 12.9. The van der Waals surface area contributed by atoms with E-state index in [1.807, 2.05) is 6.92 Å². The van der Waals surface area contributed by atoms with E-state index in [9.17, 15) is 15.3 Å². The smallest absolute Gasteiger partial charge is 0.0657 e. The van der Waals surface area contributed by atoms with E-state index < -0.39 is 12.2 Å². The van der Waals surface area contributed by atoms with Gasteiger partial charge in [0.25, 0.3) is 0 Å². The first kappa shape index (κ1) is 30.8. The Bertz CT molecular complexity index is 796. The molecule has 3 heteroatoms. The summed E-state index contributed by atoms with van der Waals surface area (Å²) in [4.78, 5) is 0. The van der Waals surface area contributed by atoms with E-state index in [-0.39, 0.29) is 46.0 Å². The number of rotatable bonds is 8. The molecule has 4 saturated carbocycles. The standard InChI is InChI=1S/C35H64O3/c1-10-11-12-13-14-15-19-27-26-18-16-17-21(2)29(26)31(37)30-23(4)35(9)32(38)28(24(5)36)22(3)20-33(35,7)25(6)34(27,30)8/h21-32,36-38H,10-20H2,1-9H3. The molecule has 0 heterocycles. The molecule has 4 fully saturated rings. The van der Waals surface area contributed by atoms with Crippen LogP contribution in [0.25, 0.3) is 0 Å². The van der Waals surface area contributed by atoms with E-state index in [4.69, 9.17) is 0 Å². The molecular weight excluding hydrogens is 468 g/mol. The minimum Gasteiger partial charge on any atom is -0.393 e. The molecule has 0 amide bonds. The van der Waals surface area contributed by atoms with Gasteiger partial charge in [0.1, 0.15) is 0 Å². The Morgan fingerprint density at radius 1 is 0.868 bits per heavy atom. The summed E-state index contributed by atoms with van der Waals surface area (Å²) >= 11 is 0. The van der Waals surface area contributed by atoms with Crippen LogP contribution in [0.4, 0.5) is 0 Å². The van der Waals surface area contributed by atoms with Crippen molar-refractivity contribution in [2.45, 2.75) is 151 Å². The lowest BCUT2D eigenvalue weighted by Crippen LogP contribution is -2.74. The highest BCUT2D eigenvalue weighted by Crippen LogP contribution is 2.76. The molecule has 0 bridgehead atoms. The lowest BCUT2D eigenvalue weighted by Gasteiger charge is -2.76. The summed E-state index contributed by atoms with van der Waals surface area (Å²) in [5.74, 6) is 3.23. The quantitative estimate of drug-likeness (QED) is 0.277. The van der Waals surface area contributed by atoms with Crippen molar-refractivity contribution in [1.82, 2.24) is 0 Å². The molecule has 4 aliphatic carbocycles. The fourth-order valence-corrected chi connectivity index (χ4v) is 12.3. The predicted molar refractivity (Wildman–Crippen MR) is 159 cm³/mol. The molecule has 4 aliphatic rings. The maximum atomic E-state index is 12.4. The fourth-order valence-electron chi connectivity index (χ4n) is 12.3. The van der Waals surface area contributed by atoms with Crippen LogP contribution in [-0.2, 0) is 0 Å². The zero-order valence-electron chi connectivity index (χ0n) is 26.5. The average Bonchev–Trinajstić information content (AvgIpc) is 2.84. The van der Waals surface area contributed by atoms with Crippen LogP contribution in [0.15, 0.2) is 0 Å². The van der Waals surface area contributed by atoms with Crippen LogP contribution in [0.3, 0.4) is 0 Å². The number of aliphatic hydroxyl groups is 3. The maximum absolute atomic E-state index is 12.4. The third-order valence-electron chi connectivity index (χ3n) is 14.6. The van der Waals surface area contributed by atoms with E-state index in [1.54, 1.807) is 0 Å². The van der Waals surface area contributed by atoms with Gasteiger partial charge in [-0.2, -0.15) is 0 Å². The Morgan fingerprint density at radius 2 is 1.50 bits per heavy atom. The Balaban J connectivity index is 1.76. The van der Waals surface area contributed by atoms with Gasteiger partial charge in [-0.15, -0.1) is 0 Å². The second kappa shape index (κ2) is 11.3. The fraction of sp³-hybridized carbons (Fsp3) is 1.00. The molecule has 3 N–H and O–H groups in total. The van der Waals surface area contributed by atoms with Crippen molar-refractivity contribution in [1.29, 1.82) is 0 Å². The van der Waals surface area contributed by atoms with Crippen molar-refractivity contribution in [2.24, 2.45) is 69.5 Å². The summed E-state index contributed by atoms with van der Waals surface area (Å²) in [7, 11) is 0. The van der Waals surface area contributed by atoms with Gasteiger partial charge in [0.05, 0.1) is 18.3 Å². The lowest BCUT2D eigenvalue weighted by molar-refractivity contribution is -0.316. The first-order chi connectivity index (χ1) is 17.8. The molecule has 15 atom stereocenters. The van der Waals surface area contributed by atoms with Crippen LogP contribution in [0.5, 0.6) is 0 Å². The van der Waals surface area contributed by atoms with E-state index >= 15 is 0 Å². The van der Waals surface area contributed by atoms with Crippen LogP contribution in [0.1, 0.15) is 133 Å². The zero-order chi connectivity index (χ0) is 28.2. The highest BCUT2D eigenvalue weighted by atomic mass is 16.3. The molecule has 0 spiro atoms. The van der Waals surface area contributed by atoms with Crippen molar-refractivity contribution in [3.63, 3.8) is 0 Å². The first-order valence-corrected chi connectivity index (χ1v) is 16.8. The minimum absolute atomic E-state index is 0.0336. The molecule has 222 valence electrons. The van der Waals surface area contributed by atoms with Crippen molar-refractivity contribution in [3.05, 3.63) is 0 Å². The van der Waals surface area contributed by atoms with Crippen molar-refractivity contribution < 1.29 is 15.3 Å². The van der Waals surface area contributed by atoms with Gasteiger partial charge in [-0.25, -0.2) is 0 Å². The highest BCUT2D eigenvalue weighted by Gasteiger charge is 2.74. The molecule has 15 unspecified atom stereocenters. The van der Waals surface area contributed by atoms with Crippen molar-refractivity contribution >= 4 is 0 Å². The van der Waals surface area contributed by atoms with Crippen LogP contribution in [0, 0.1) is 69.5 Å². The maximum Gasteiger partial charge on any atom is 0.0657 e. The summed E-state index contributed by atoms with van der Waals surface area (Å²) in [6, 6.07) is 0. The molecule has 0 aromatic carbocycles. The predicted octanol–water partition coefficient (Wildman–Crippen LogP) is 8.10. The van der Waals surface area contributed by atoms with Gasteiger partial charge in [0.15, 0.2) is 0 Å². The van der Waals surface area contributed by atoms with Gasteiger partial charge in [0, 0.05) is 11.3 Å². The Kier molecular flexibility index (Phi) is 9.15. The number of aliphatic hydroxyl groups excluding tert-OH is 3. The SMILES string of the molecule is CCCCCCCCC1C2CCCC(C)C2C(O)C2C(C)C3(C)C(O)C(C(C)O)C(C)CC3(C)C(C)C12C. The Hall–Kier alpha value is -0.120. The minimum atomic E-state index is -0.552. The second-order valence-corrected chi connectivity index (χ2v) is 15.8. The summed E-state index contributed by atoms with van der Waals surface area (Å²) < 4.78 is 0. The third-order valence-corrected chi connectivity index (χ3v) is 14.6. The Morgan fingerprint density at radius 3 is 2.13 bits per heavy atom. The topological polar surface area (TPSA) is 60.7 Å². The van der Waals surface area contributed by atoms with Crippen molar-refractivity contribution in [2.75, 3.05) is 0 Å². The highest BCUT2D eigenvalue weighted by molar-refractivity contribution is 5.21. The van der Waals surface area contributed by atoms with E-state index in [0.29, 0.717) is 29.6 Å². The van der Waals surface area contributed by atoms with E-state index in [0.717, 1.165) is 6.42 Å². The van der Waals surface area contributed by atoms with Gasteiger partial charge in [-0.1, -0.05) is 107 Å². The third kappa shape index (κ3) is 4.38. The van der Waals surface area contributed by atoms with Gasteiger partial charge in [0.2, 0.25) is 0 Å². The van der Waals surface area contributed by atoms with E-state index in [2.05, 4.69) is 55.4 Å². The molecule has 38 heavy (non-hydrogen) atoms. The van der Waals surface area contributed by atoms with Crippen LogP contribution in [-0.4, -0.2) is 33.6 Å². The van der Waals surface area contributed by atoms with Gasteiger partial charge < -0.3 is 15.3 Å². The summed E-state index contributed by atoms with van der Waals surface area (Å²) in [5, 5.41) is 35.3. The van der Waals surface area contributed by atoms with Crippen LogP contribution < -0.4 is 0 Å². The molecule has 0 aliphatic heterocycles. The number of unbranched alkanes of at least 4 members (excludes halogenated alkanes) is 5. The molecule has 4 rings (SSSR count). The molecule has 0 aromatic heterocycles. The summed E-state index contributed by atoms with van der Waals surface area (Å²) in [6.45, 7) is 21.1. The van der Waals surface area contributed by atoms with E-state index in [1.165, 1.54) is 64.2 Å². The largest absolute Gasteiger partial charge is 0.393 e. The van der Waals surface area contributed by atoms with Crippen molar-refractivity contribution in [3.8, 4) is 0 Å². The number of fused-ring (bicyclic) bond motifs is 3. The average molecular weight is 533 g/mol. The number of hydrogen-bond acceptors (Lipinski definition) is 3. The van der Waals surface area contributed by atoms with Gasteiger partial charge in [-0.3, -0.25) is 0 Å². The number of hydrogen-bond donors (Lipinski definition) is 3. The van der Waals surface area contributed by atoms with Crippen LogP contribution in [0.2, 0.25) is 0 Å². The Labute approximate surface area is 236 Å². The first-order valence-electron chi connectivity index (χ1n) is 16.8. The second-order valence-electron chi connectivity index (χ2n) is 15.8. The van der Waals surface area contributed by atoms with Gasteiger partial charge >= 0.3 is 0 Å². The molecule has 3 nitrogen and oxygen atoms in total. The molecular formula is C35H64O3. The molecule has 0 aromatic rings. The molecule has 0 radical (unpaired) electrons. The monoisotopic (exact) mass is 532 g/mol. The summed E-state index contributed by atoms with van der Waals surface area (Å²) in [5.41, 5.74) is -0.304. The van der Waals surface area contributed by atoms with Crippen LogP contribution >= 0.6 is 0 Å². The lowest BCUT2D eigenvalue weighted by atomic mass is 9.29.